The van der Waals surface area contributed by atoms with Crippen molar-refractivity contribution >= 4 is 22.9 Å². The van der Waals surface area contributed by atoms with Crippen molar-refractivity contribution in [2.75, 3.05) is 17.7 Å². The lowest BCUT2D eigenvalue weighted by Crippen LogP contribution is -2.33. The van der Waals surface area contributed by atoms with Gasteiger partial charge in [-0.15, -0.1) is 0 Å². The fourth-order valence-electron chi connectivity index (χ4n) is 3.58. The second-order valence-electron chi connectivity index (χ2n) is 7.22. The number of hydrogen-bond acceptors (Lipinski definition) is 9. The quantitative estimate of drug-likeness (QED) is 0.387. The number of aliphatic hydroxyl groups is 3. The van der Waals surface area contributed by atoms with Crippen molar-refractivity contribution in [3.8, 4) is 0 Å². The fourth-order valence-corrected chi connectivity index (χ4v) is 3.58. The number of benzene rings is 1. The number of anilines is 2. The lowest BCUT2D eigenvalue weighted by Gasteiger charge is -2.17. The van der Waals surface area contributed by atoms with Crippen LogP contribution in [-0.2, 0) is 11.2 Å². The maximum Gasteiger partial charge on any atom is 0.224 e. The first-order chi connectivity index (χ1) is 14.0. The monoisotopic (exact) mass is 400 g/mol. The predicted octanol–water partition coefficient (Wildman–Crippen LogP) is 0.0631. The van der Waals surface area contributed by atoms with Gasteiger partial charge in [0.2, 0.25) is 5.95 Å². The molecule has 1 saturated heterocycles. The van der Waals surface area contributed by atoms with Gasteiger partial charge >= 0.3 is 0 Å². The van der Waals surface area contributed by atoms with Gasteiger partial charge in [-0.2, -0.15) is 9.97 Å². The van der Waals surface area contributed by atoms with Gasteiger partial charge in [0.25, 0.3) is 0 Å². The third-order valence-electron chi connectivity index (χ3n) is 5.00. The van der Waals surface area contributed by atoms with E-state index >= 15 is 0 Å². The van der Waals surface area contributed by atoms with Crippen molar-refractivity contribution in [3.05, 3.63) is 42.2 Å². The molecule has 0 spiro atoms. The number of fused-ring (bicyclic) bond motifs is 1. The number of nitrogen functional groups attached to an aromatic ring is 1. The van der Waals surface area contributed by atoms with Gasteiger partial charge in [-0.05, 0) is 18.9 Å². The third-order valence-corrected chi connectivity index (χ3v) is 5.00. The summed E-state index contributed by atoms with van der Waals surface area (Å²) in [5.41, 5.74) is 7.91. The molecule has 154 valence electrons. The standard InChI is InChI=1S/C19H24N6O4/c1-10(7-11-5-3-2-4-6-11)22-16-13-17(24-19(20)23-16)25(9-21-13)18-15(28)14(27)12(8-26)29-18/h2-6,9-10,12,14-15,18,26-28H,7-8H2,1H3,(H3,20,22,23,24)/t10?,12-,14-,15-,18?/m1/s1. The molecule has 1 aromatic carbocycles. The van der Waals surface area contributed by atoms with E-state index in [2.05, 4.69) is 32.4 Å². The van der Waals surface area contributed by atoms with E-state index in [1.807, 2.05) is 25.1 Å². The molecule has 0 amide bonds. The number of imidazole rings is 1. The van der Waals surface area contributed by atoms with Crippen LogP contribution in [0.25, 0.3) is 11.2 Å². The van der Waals surface area contributed by atoms with Crippen LogP contribution in [0.1, 0.15) is 18.7 Å². The van der Waals surface area contributed by atoms with Crippen LogP contribution in [-0.4, -0.2) is 65.8 Å². The van der Waals surface area contributed by atoms with E-state index in [4.69, 9.17) is 10.5 Å². The van der Waals surface area contributed by atoms with Crippen LogP contribution in [0.5, 0.6) is 0 Å². The fraction of sp³-hybridized carbons (Fsp3) is 0.421. The molecule has 3 heterocycles. The van der Waals surface area contributed by atoms with Gasteiger partial charge in [-0.25, -0.2) is 4.98 Å². The topological polar surface area (TPSA) is 152 Å². The molecule has 10 heteroatoms. The zero-order chi connectivity index (χ0) is 20.5. The number of hydrogen-bond donors (Lipinski definition) is 5. The first-order valence-electron chi connectivity index (χ1n) is 9.41. The Morgan fingerprint density at radius 3 is 2.66 bits per heavy atom. The lowest BCUT2D eigenvalue weighted by atomic mass is 10.1. The zero-order valence-electron chi connectivity index (χ0n) is 15.9. The van der Waals surface area contributed by atoms with Crippen LogP contribution in [0.3, 0.4) is 0 Å². The van der Waals surface area contributed by atoms with Crippen LogP contribution in [0.15, 0.2) is 36.7 Å². The van der Waals surface area contributed by atoms with Crippen molar-refractivity contribution in [2.24, 2.45) is 0 Å². The Bertz CT molecular complexity index is 981. The average molecular weight is 400 g/mol. The van der Waals surface area contributed by atoms with Crippen molar-refractivity contribution < 1.29 is 20.1 Å². The Morgan fingerprint density at radius 2 is 1.97 bits per heavy atom. The number of nitrogens with one attached hydrogen (secondary N) is 1. The van der Waals surface area contributed by atoms with E-state index in [0.717, 1.165) is 6.42 Å². The minimum absolute atomic E-state index is 0.0420. The first kappa shape index (κ1) is 19.5. The summed E-state index contributed by atoms with van der Waals surface area (Å²) in [7, 11) is 0. The largest absolute Gasteiger partial charge is 0.394 e. The minimum atomic E-state index is -1.24. The van der Waals surface area contributed by atoms with E-state index in [1.54, 1.807) is 0 Å². The first-order valence-corrected chi connectivity index (χ1v) is 9.41. The van der Waals surface area contributed by atoms with Gasteiger partial charge < -0.3 is 31.1 Å². The summed E-state index contributed by atoms with van der Waals surface area (Å²) in [5, 5.41) is 33.0. The molecule has 4 rings (SSSR count). The zero-order valence-corrected chi connectivity index (χ0v) is 15.9. The van der Waals surface area contributed by atoms with Crippen molar-refractivity contribution in [1.82, 2.24) is 19.5 Å². The average Bonchev–Trinajstić information content (AvgIpc) is 3.24. The maximum atomic E-state index is 10.3. The van der Waals surface area contributed by atoms with Crippen LogP contribution < -0.4 is 11.1 Å². The van der Waals surface area contributed by atoms with Crippen molar-refractivity contribution in [3.63, 3.8) is 0 Å². The van der Waals surface area contributed by atoms with Gasteiger partial charge in [0.15, 0.2) is 23.2 Å². The van der Waals surface area contributed by atoms with E-state index < -0.39 is 31.1 Å². The van der Waals surface area contributed by atoms with E-state index in [9.17, 15) is 15.3 Å². The molecule has 1 fully saturated rings. The Balaban J connectivity index is 1.62. The molecule has 10 nitrogen and oxygen atoms in total. The van der Waals surface area contributed by atoms with Crippen LogP contribution in [0.2, 0.25) is 0 Å². The summed E-state index contributed by atoms with van der Waals surface area (Å²) in [4.78, 5) is 12.9. The highest BCUT2D eigenvalue weighted by Gasteiger charge is 2.44. The molecule has 3 aromatic rings. The number of nitrogens with two attached hydrogens (primary N) is 1. The molecule has 1 aliphatic rings. The second-order valence-corrected chi connectivity index (χ2v) is 7.22. The van der Waals surface area contributed by atoms with Crippen LogP contribution in [0, 0.1) is 0 Å². The SMILES string of the molecule is CC(Cc1ccccc1)Nc1nc(N)nc2c1ncn2C1O[C@H](CO)[C@@H](O)[C@H]1O. The summed E-state index contributed by atoms with van der Waals surface area (Å²) in [6.07, 6.45) is -2.07. The number of rotatable bonds is 6. The Labute approximate surface area is 167 Å². The number of nitrogens with zero attached hydrogens (tertiary/aromatic N) is 4. The minimum Gasteiger partial charge on any atom is -0.394 e. The summed E-state index contributed by atoms with van der Waals surface area (Å²) < 4.78 is 7.07. The Hall–Kier alpha value is -2.79. The summed E-state index contributed by atoms with van der Waals surface area (Å²) in [6.45, 7) is 1.61. The van der Waals surface area contributed by atoms with Crippen LogP contribution >= 0.6 is 0 Å². The molecule has 0 radical (unpaired) electrons. The molecular weight excluding hydrogens is 376 g/mol. The molecule has 0 bridgehead atoms. The second kappa shape index (κ2) is 7.91. The molecule has 29 heavy (non-hydrogen) atoms. The van der Waals surface area contributed by atoms with Crippen molar-refractivity contribution in [2.45, 2.75) is 43.9 Å². The summed E-state index contributed by atoms with van der Waals surface area (Å²) >= 11 is 0. The van der Waals surface area contributed by atoms with Gasteiger partial charge in [-0.3, -0.25) is 4.57 Å². The van der Waals surface area contributed by atoms with Gasteiger partial charge in [0.1, 0.15) is 18.3 Å². The lowest BCUT2D eigenvalue weighted by molar-refractivity contribution is -0.0511. The number of aromatic nitrogens is 4. The highest BCUT2D eigenvalue weighted by Crippen LogP contribution is 2.32. The molecule has 0 aliphatic carbocycles. The van der Waals surface area contributed by atoms with E-state index in [0.29, 0.717) is 17.0 Å². The normalized spacial score (nSPS) is 25.4. The van der Waals surface area contributed by atoms with Crippen LogP contribution in [0.4, 0.5) is 11.8 Å². The maximum absolute atomic E-state index is 10.3. The highest BCUT2D eigenvalue weighted by atomic mass is 16.6. The van der Waals surface area contributed by atoms with Gasteiger partial charge in [0, 0.05) is 6.04 Å². The molecule has 5 atom stereocenters. The summed E-state index contributed by atoms with van der Waals surface area (Å²) in [6, 6.07) is 10.1. The number of aliphatic hydroxyl groups excluding tert-OH is 3. The molecule has 0 saturated carbocycles. The molecule has 2 unspecified atom stereocenters. The molecule has 2 aromatic heterocycles. The Morgan fingerprint density at radius 1 is 1.21 bits per heavy atom. The predicted molar refractivity (Wildman–Crippen MR) is 106 cm³/mol. The van der Waals surface area contributed by atoms with E-state index in [-0.39, 0.29) is 12.0 Å². The van der Waals surface area contributed by atoms with Gasteiger partial charge in [0.05, 0.1) is 12.9 Å². The Kier molecular flexibility index (Phi) is 5.33. The highest BCUT2D eigenvalue weighted by molar-refractivity contribution is 5.84. The van der Waals surface area contributed by atoms with E-state index in [1.165, 1.54) is 16.5 Å². The molecule has 6 N–H and O–H groups in total. The smallest absolute Gasteiger partial charge is 0.224 e. The molecule has 1 aliphatic heterocycles. The molecular formula is C19H24N6O4. The van der Waals surface area contributed by atoms with Crippen molar-refractivity contribution in [1.29, 1.82) is 0 Å². The van der Waals surface area contributed by atoms with Gasteiger partial charge in [-0.1, -0.05) is 30.3 Å². The number of ether oxygens (including phenoxy) is 1. The third kappa shape index (κ3) is 3.75. The summed E-state index contributed by atoms with van der Waals surface area (Å²) in [5.74, 6) is 0.516.